The van der Waals surface area contributed by atoms with Crippen LogP contribution in [-0.2, 0) is 4.79 Å². The molecule has 3 nitrogen and oxygen atoms in total. The number of nitrogens with zero attached hydrogens (tertiary/aromatic N) is 1. The molecular formula is C12H20N2OS. The largest absolute Gasteiger partial charge is 0.397 e. The Hall–Kier alpha value is -1.16. The Kier molecular flexibility index (Phi) is 3.86. The third-order valence-electron chi connectivity index (χ3n) is 2.39. The molecule has 0 aliphatic carbocycles. The van der Waals surface area contributed by atoms with Crippen molar-refractivity contribution in [1.82, 2.24) is 4.98 Å². The number of carbonyl (C=O) groups excluding carboxylic acids is 1. The van der Waals surface area contributed by atoms with Gasteiger partial charge in [0.1, 0.15) is 0 Å². The van der Waals surface area contributed by atoms with Crippen LogP contribution in [0.1, 0.15) is 37.8 Å². The van der Waals surface area contributed by atoms with E-state index in [4.69, 9.17) is 5.73 Å². The van der Waals surface area contributed by atoms with E-state index in [2.05, 4.69) is 4.98 Å². The molecule has 0 aliphatic heterocycles. The highest BCUT2D eigenvalue weighted by Crippen LogP contribution is 2.27. The summed E-state index contributed by atoms with van der Waals surface area (Å²) in [4.78, 5) is 16.8. The fourth-order valence-electron chi connectivity index (χ4n) is 1.81. The number of allylic oxidation sites excluding steroid dienone is 1. The molecule has 0 fully saturated rings. The lowest BCUT2D eigenvalue weighted by molar-refractivity contribution is -0.113. The number of rotatable bonds is 3. The van der Waals surface area contributed by atoms with Gasteiger partial charge < -0.3 is 5.73 Å². The van der Waals surface area contributed by atoms with Crippen molar-refractivity contribution in [2.45, 2.75) is 34.6 Å². The summed E-state index contributed by atoms with van der Waals surface area (Å²) in [6, 6.07) is 0. The van der Waals surface area contributed by atoms with Crippen molar-refractivity contribution in [1.29, 1.82) is 0 Å². The number of aromatic nitrogens is 1. The summed E-state index contributed by atoms with van der Waals surface area (Å²) < 4.78 is 0. The molecule has 90 valence electrons. The van der Waals surface area contributed by atoms with Crippen LogP contribution < -0.4 is 5.73 Å². The van der Waals surface area contributed by atoms with Gasteiger partial charge in [-0.3, -0.25) is 4.79 Å². The first-order valence-corrected chi connectivity index (χ1v) is 6.11. The van der Waals surface area contributed by atoms with Gasteiger partial charge in [0, 0.05) is 7.00 Å². The normalized spacial score (nSPS) is 12.9. The molecule has 0 amide bonds. The van der Waals surface area contributed by atoms with Gasteiger partial charge in [-0.05, 0) is 26.7 Å². The minimum Gasteiger partial charge on any atom is -0.397 e. The molecule has 2 N–H and O–H groups in total. The van der Waals surface area contributed by atoms with Gasteiger partial charge in [0.2, 0.25) is 0 Å². The molecule has 1 heterocycles. The summed E-state index contributed by atoms with van der Waals surface area (Å²) in [5.74, 6) is 0.178. The number of ketones is 1. The fourth-order valence-corrected chi connectivity index (χ4v) is 2.70. The maximum absolute atomic E-state index is 11.6. The van der Waals surface area contributed by atoms with Gasteiger partial charge >= 0.3 is 0 Å². The molecule has 1 rings (SSSR count). The molecule has 0 spiro atoms. The topological polar surface area (TPSA) is 56.0 Å². The molecule has 0 radical (unpaired) electrons. The number of hydrogen-bond donors (Lipinski definition) is 1. The number of aryl methyl sites for hydroxylation is 2. The Balaban J connectivity index is 0.00000256. The Morgan fingerprint density at radius 3 is 2.31 bits per heavy atom. The van der Waals surface area contributed by atoms with E-state index >= 15 is 0 Å². The molecule has 0 saturated heterocycles. The number of nitrogens with two attached hydrogens (primary N) is 1. The van der Waals surface area contributed by atoms with Crippen molar-refractivity contribution in [3.05, 3.63) is 21.2 Å². The Morgan fingerprint density at radius 2 is 2.00 bits per heavy atom. The minimum atomic E-state index is 0. The van der Waals surface area contributed by atoms with E-state index in [9.17, 15) is 4.79 Å². The highest BCUT2D eigenvalue weighted by molar-refractivity contribution is 7.12. The van der Waals surface area contributed by atoms with Crippen molar-refractivity contribution in [3.63, 3.8) is 0 Å². The molecule has 1 aromatic heterocycles. The zero-order valence-corrected chi connectivity index (χ0v) is 11.2. The number of Topliss-reactive ketones (excluding diaryl/α,β-unsaturated/α-hetero) is 1. The van der Waals surface area contributed by atoms with Gasteiger partial charge in [0.15, 0.2) is 5.78 Å². The van der Waals surface area contributed by atoms with Crippen molar-refractivity contribution in [2.75, 3.05) is 0 Å². The van der Waals surface area contributed by atoms with Crippen LogP contribution in [0, 0.1) is 19.8 Å². The Labute approximate surface area is 102 Å². The quantitative estimate of drug-likeness (QED) is 0.826. The molecular weight excluding hydrogens is 220 g/mol. The first-order chi connectivity index (χ1) is 7.34. The second-order valence-electron chi connectivity index (χ2n) is 4.19. The summed E-state index contributed by atoms with van der Waals surface area (Å²) >= 11 is 1.54. The zero-order valence-electron chi connectivity index (χ0n) is 10.4. The Morgan fingerprint density at radius 1 is 1.44 bits per heavy atom. The average Bonchev–Trinajstić information content (AvgIpc) is 2.43. The SMILES string of the molecule is CC(=O)/C(=C(\N)c1sc(C)nc1C)C(C)C.[HH]. The van der Waals surface area contributed by atoms with Gasteiger partial charge in [-0.1, -0.05) is 13.8 Å². The molecule has 16 heavy (non-hydrogen) atoms. The van der Waals surface area contributed by atoms with Gasteiger partial charge in [-0.2, -0.15) is 0 Å². The lowest BCUT2D eigenvalue weighted by atomic mass is 9.97. The van der Waals surface area contributed by atoms with Crippen molar-refractivity contribution >= 4 is 22.8 Å². The van der Waals surface area contributed by atoms with Gasteiger partial charge in [-0.15, -0.1) is 11.3 Å². The molecule has 0 bridgehead atoms. The molecule has 0 aliphatic rings. The second kappa shape index (κ2) is 4.78. The Bertz CT molecular complexity index is 449. The highest BCUT2D eigenvalue weighted by Gasteiger charge is 2.17. The molecule has 1 aromatic rings. The van der Waals surface area contributed by atoms with Crippen LogP contribution >= 0.6 is 11.3 Å². The van der Waals surface area contributed by atoms with Gasteiger partial charge in [0.05, 0.1) is 21.3 Å². The third-order valence-corrected chi connectivity index (χ3v) is 3.50. The van der Waals surface area contributed by atoms with E-state index in [0.717, 1.165) is 15.6 Å². The smallest absolute Gasteiger partial charge is 0.158 e. The predicted molar refractivity (Wildman–Crippen MR) is 70.3 cm³/mol. The number of hydrogen-bond acceptors (Lipinski definition) is 4. The van der Waals surface area contributed by atoms with Crippen LogP contribution in [-0.4, -0.2) is 10.8 Å². The van der Waals surface area contributed by atoms with Crippen LogP contribution in [0.4, 0.5) is 0 Å². The summed E-state index contributed by atoms with van der Waals surface area (Å²) in [5.41, 5.74) is 8.28. The molecule has 0 saturated carbocycles. The predicted octanol–water partition coefficient (Wildman–Crippen LogP) is 2.92. The van der Waals surface area contributed by atoms with Crippen molar-refractivity contribution < 1.29 is 6.22 Å². The molecule has 0 unspecified atom stereocenters. The van der Waals surface area contributed by atoms with Crippen LogP contribution in [0.25, 0.3) is 5.70 Å². The molecule has 4 heteroatoms. The van der Waals surface area contributed by atoms with Crippen LogP contribution in [0.3, 0.4) is 0 Å². The van der Waals surface area contributed by atoms with Crippen LogP contribution in [0.5, 0.6) is 0 Å². The minimum absolute atomic E-state index is 0. The van der Waals surface area contributed by atoms with E-state index < -0.39 is 0 Å². The maximum atomic E-state index is 11.6. The highest BCUT2D eigenvalue weighted by atomic mass is 32.1. The monoisotopic (exact) mass is 240 g/mol. The fraction of sp³-hybridized carbons (Fsp3) is 0.500. The zero-order chi connectivity index (χ0) is 12.5. The first kappa shape index (κ1) is 12.9. The second-order valence-corrected chi connectivity index (χ2v) is 5.39. The van der Waals surface area contributed by atoms with Crippen LogP contribution in [0.2, 0.25) is 0 Å². The summed E-state index contributed by atoms with van der Waals surface area (Å²) in [6.45, 7) is 9.38. The standard InChI is InChI=1S/C12H18N2OS.H2/c1-6(2)10(8(4)15)11(13)12-7(3)14-9(5)16-12;/h6H,13H2,1-5H3;1H/b11-10-;. The molecule has 0 aromatic carbocycles. The lowest BCUT2D eigenvalue weighted by Crippen LogP contribution is -2.12. The van der Waals surface area contributed by atoms with E-state index in [1.165, 1.54) is 11.3 Å². The maximum Gasteiger partial charge on any atom is 0.158 e. The van der Waals surface area contributed by atoms with Gasteiger partial charge in [0.25, 0.3) is 0 Å². The number of carbonyl (C=O) groups is 1. The average molecular weight is 240 g/mol. The first-order valence-electron chi connectivity index (χ1n) is 5.29. The summed E-state index contributed by atoms with van der Waals surface area (Å²) in [6.07, 6.45) is 0. The van der Waals surface area contributed by atoms with Crippen molar-refractivity contribution in [3.8, 4) is 0 Å². The molecule has 0 atom stereocenters. The van der Waals surface area contributed by atoms with E-state index in [-0.39, 0.29) is 13.1 Å². The van der Waals surface area contributed by atoms with E-state index in [0.29, 0.717) is 11.3 Å². The van der Waals surface area contributed by atoms with Crippen molar-refractivity contribution in [2.24, 2.45) is 11.7 Å². The van der Waals surface area contributed by atoms with E-state index in [1.807, 2.05) is 27.7 Å². The summed E-state index contributed by atoms with van der Waals surface area (Å²) in [7, 11) is 0. The summed E-state index contributed by atoms with van der Waals surface area (Å²) in [5, 5.41) is 0.974. The lowest BCUT2D eigenvalue weighted by Gasteiger charge is -2.11. The van der Waals surface area contributed by atoms with Crippen LogP contribution in [0.15, 0.2) is 5.57 Å². The van der Waals surface area contributed by atoms with E-state index in [1.54, 1.807) is 6.92 Å². The number of thiazole rings is 1. The van der Waals surface area contributed by atoms with Gasteiger partial charge in [-0.25, -0.2) is 4.98 Å². The third kappa shape index (κ3) is 2.50.